The van der Waals surface area contributed by atoms with Gasteiger partial charge in [-0.15, -0.1) is 41.3 Å². The number of nitrogens with zero attached hydrogens (tertiary/aromatic N) is 8. The average molecular weight is 2450 g/mol. The van der Waals surface area contributed by atoms with Gasteiger partial charge in [0.25, 0.3) is 0 Å². The molecule has 6 aromatic heterocycles. The van der Waals surface area contributed by atoms with Crippen LogP contribution in [0.2, 0.25) is 0 Å². The maximum atomic E-state index is 6.58. The van der Waals surface area contributed by atoms with Crippen LogP contribution in [0.5, 0.6) is 23.0 Å². The molecule has 4 fully saturated rings. The fourth-order valence-electron chi connectivity index (χ4n) is 16.9. The molecule has 632 valence electrons. The number of ether oxygens (including phenoxy) is 2. The van der Waals surface area contributed by atoms with Gasteiger partial charge in [-0.2, -0.15) is 6.07 Å². The molecule has 0 bridgehead atoms. The van der Waals surface area contributed by atoms with Gasteiger partial charge < -0.3 is 48.3 Å². The zero-order chi connectivity index (χ0) is 79.1. The molecule has 0 radical (unpaired) electrons. The first-order valence-corrected chi connectivity index (χ1v) is 68.4. The van der Waals surface area contributed by atoms with Gasteiger partial charge in [0.2, 0.25) is 0 Å². The van der Waals surface area contributed by atoms with E-state index in [0.717, 1.165) is 78.7 Å². The van der Waals surface area contributed by atoms with E-state index < -0.39 is 11.9 Å². The predicted octanol–water partition coefficient (Wildman–Crippen LogP) is 30.7. The van der Waals surface area contributed by atoms with E-state index in [2.05, 4.69) is 229 Å². The number of benzene rings is 8. The van der Waals surface area contributed by atoms with E-state index in [-0.39, 0.29) is 90.4 Å². The molecule has 0 N–H and O–H groups in total. The second kappa shape index (κ2) is 51.1. The van der Waals surface area contributed by atoms with Gasteiger partial charge >= 0.3 is 173 Å². The van der Waals surface area contributed by atoms with Crippen LogP contribution in [-0.4, -0.2) is 101 Å². The molecule has 4 aliphatic rings. The van der Waals surface area contributed by atoms with Gasteiger partial charge in [0.1, 0.15) is 29.0 Å². The van der Waals surface area contributed by atoms with Crippen molar-refractivity contribution in [2.45, 2.75) is 206 Å². The molecule has 0 saturated heterocycles. The third-order valence-electron chi connectivity index (χ3n) is 22.3. The molecule has 120 heavy (non-hydrogen) atoms. The minimum atomic E-state index is -3.06. The van der Waals surface area contributed by atoms with E-state index in [9.17, 15) is 0 Å². The molecule has 18 rings (SSSR count). The molecule has 6 heterocycles. The minimum absolute atomic E-state index is 0. The van der Waals surface area contributed by atoms with Crippen LogP contribution in [0.25, 0.3) is 89.4 Å². The quantitative estimate of drug-likeness (QED) is 0.0707. The fourth-order valence-corrected chi connectivity index (χ4v) is 16.9. The third kappa shape index (κ3) is 26.5. The van der Waals surface area contributed by atoms with Crippen molar-refractivity contribution in [1.29, 1.82) is 0 Å². The molecule has 10 nitrogen and oxygen atoms in total. The summed E-state index contributed by atoms with van der Waals surface area (Å²) in [5, 5.41) is 4.61. The van der Waals surface area contributed by atoms with Gasteiger partial charge in [-0.25, -0.2) is 15.0 Å². The Labute approximate surface area is 821 Å². The van der Waals surface area contributed by atoms with Gasteiger partial charge in [-0.1, -0.05) is 242 Å². The van der Waals surface area contributed by atoms with Crippen molar-refractivity contribution < 1.29 is 82.0 Å². The molecule has 0 atom stereocenters. The number of para-hydroxylation sites is 2. The summed E-state index contributed by atoms with van der Waals surface area (Å²) in [6, 6.07) is 70.6. The largest absolute Gasteiger partial charge is 2.00 e. The van der Waals surface area contributed by atoms with E-state index >= 15 is 0 Å². The Hall–Kier alpha value is -3.24. The van der Waals surface area contributed by atoms with Crippen molar-refractivity contribution in [3.05, 3.63) is 294 Å². The van der Waals surface area contributed by atoms with Crippen LogP contribution < -0.4 is 9.47 Å². The summed E-state index contributed by atoms with van der Waals surface area (Å²) in [5.74, 6) is 9.14. The van der Waals surface area contributed by atoms with E-state index in [4.69, 9.17) is 57.1 Å². The third-order valence-corrected chi connectivity index (χ3v) is 22.3. The molecule has 0 unspecified atom stereocenters. The Morgan fingerprint density at radius 3 is 1.26 bits per heavy atom. The summed E-state index contributed by atoms with van der Waals surface area (Å²) in [4.78, 5) is 19.1. The molecule has 4 aliphatic carbocycles. The first-order chi connectivity index (χ1) is 54.9. The number of rotatable bonds is 16. The molecule has 14 aromatic rings. The minimum Gasteiger partial charge on any atom is 2.00 e. The number of fused-ring (bicyclic) bond motifs is 6. The topological polar surface area (TPSA) is 89.7 Å². The maximum Gasteiger partial charge on any atom is 2.00 e. The van der Waals surface area contributed by atoms with Crippen molar-refractivity contribution in [2.24, 2.45) is 0 Å². The second-order valence-corrected chi connectivity index (χ2v) is 50.9. The van der Waals surface area contributed by atoms with E-state index in [0.29, 0.717) is 47.0 Å². The van der Waals surface area contributed by atoms with Crippen LogP contribution in [-0.2, 0) is 72.5 Å². The van der Waals surface area contributed by atoms with Crippen molar-refractivity contribution in [3.63, 3.8) is 0 Å². The van der Waals surface area contributed by atoms with Gasteiger partial charge in [-0.05, 0) is 161 Å². The Bertz CT molecular complexity index is 5070. The maximum absolute atomic E-state index is 6.58. The fraction of sp³-hybridized carbons (Fsp3) is 0.320. The summed E-state index contributed by atoms with van der Waals surface area (Å²) in [6.45, 7) is 18.5. The molecular formula is C100H114Cl4K2N8O2Os2Pt2. The number of imidazole rings is 2. The van der Waals surface area contributed by atoms with Crippen LogP contribution in [0, 0.1) is 41.8 Å². The summed E-state index contributed by atoms with van der Waals surface area (Å²) in [5.41, 5.74) is 17.2. The standard InChI is InChI=1S/C43H42N4O.C43H40N4O.2C5H10.4CH3.4ClH.2K.2Os.2Pt/c2*1-28(2)37-25-32(30-12-5-6-13-30)26-38(29(3)4)42(37)46-23-22-45-43(46)31-14-11-15-33(24-31)48-34-19-20-36-35-16-7-8-17-39(35)47(40(36)27-34)41-18-9-10-21-44-41;2*1-2-4-5-3-1;;;;;;;;;;;;;;/h7-11,14-30H,5-6,12-13H2,1-4H3;7-11,14-23,25-26,28-30H,5-6,12-13H2,1-4H3;2*1-5H2;4*1H3;4*1H;;;;;;/q;-2;;;4*-1;;;;;;;3*+2;+4/p-4. The number of hydrogen-bond donors (Lipinski definition) is 0. The SMILES string of the molecule is C1CCCC1.C1CCCC1.CC(C)c1cc(C2CCCC2)cc(C(C)C)c1-n1ccnc1-c1[c-]c(Oc2[c-]c3c(cc2)c2ccccc2n3-c2ccccn2)ccc1.CC(C)c1cc(C2CCCC2)cc(C(C)C)c1-n1ccnc1-c1cccc(Oc2ccc3c4ccccc4n(-c4ccccn4)c3c2)c1.[CH3-].[CH3-].[CH3-].[CH3-].[Cl][Pt]([Cl])([Cl])[Cl].[K][K].[Os+2].[Os+2].[Pt+2]. The Morgan fingerprint density at radius 1 is 0.383 bits per heavy atom. The molecule has 8 aromatic carbocycles. The van der Waals surface area contributed by atoms with Crippen molar-refractivity contribution in [2.75, 3.05) is 0 Å². The Morgan fingerprint density at radius 2 is 0.783 bits per heavy atom. The van der Waals surface area contributed by atoms with Crippen LogP contribution in [0.4, 0.5) is 0 Å². The summed E-state index contributed by atoms with van der Waals surface area (Å²) in [6.07, 6.45) is 37.2. The number of halogens is 4. The van der Waals surface area contributed by atoms with E-state index in [1.165, 1.54) is 234 Å². The van der Waals surface area contributed by atoms with Gasteiger partial charge in [-0.3, -0.25) is 14.1 Å². The van der Waals surface area contributed by atoms with Gasteiger partial charge in [0.15, 0.2) is 0 Å². The van der Waals surface area contributed by atoms with Crippen LogP contribution in [0.3, 0.4) is 0 Å². The molecule has 20 heteroatoms. The van der Waals surface area contributed by atoms with Crippen LogP contribution in [0.1, 0.15) is 240 Å². The van der Waals surface area contributed by atoms with Crippen LogP contribution >= 0.6 is 37.7 Å². The molecule has 0 spiro atoms. The molecular weight excluding hydrogens is 2340 g/mol. The molecule has 0 aliphatic heterocycles. The van der Waals surface area contributed by atoms with Gasteiger partial charge in [0, 0.05) is 82.3 Å². The van der Waals surface area contributed by atoms with E-state index in [1.54, 1.807) is 0 Å². The number of pyridine rings is 2. The normalized spacial score (nSPS) is 13.7. The zero-order valence-corrected chi connectivity index (χ0v) is 91.1. The molecule has 0 amide bonds. The zero-order valence-electron chi connectivity index (χ0n) is 72.2. The summed E-state index contributed by atoms with van der Waals surface area (Å²) in [7, 11) is 20.0. The first-order valence-electron chi connectivity index (χ1n) is 41.1. The number of hydrogen-bond acceptors (Lipinski definition) is 6. The number of aromatic nitrogens is 8. The van der Waals surface area contributed by atoms with Crippen molar-refractivity contribution >= 4 is 144 Å². The predicted molar refractivity (Wildman–Crippen MR) is 498 cm³/mol. The second-order valence-electron chi connectivity index (χ2n) is 31.2. The summed E-state index contributed by atoms with van der Waals surface area (Å²) >= 11 is -0.556. The van der Waals surface area contributed by atoms with Gasteiger partial charge in [0.05, 0.1) is 22.5 Å². The molecule has 4 saturated carbocycles. The smallest absolute Gasteiger partial charge is 2.00 e. The Kier molecular flexibility index (Phi) is 44.9. The van der Waals surface area contributed by atoms with Crippen LogP contribution in [0.15, 0.2) is 219 Å². The van der Waals surface area contributed by atoms with Crippen molar-refractivity contribution in [1.82, 2.24) is 38.2 Å². The van der Waals surface area contributed by atoms with Crippen molar-refractivity contribution in [3.8, 4) is 68.8 Å². The first kappa shape index (κ1) is 106. The monoisotopic (exact) mass is 2450 g/mol. The average Bonchev–Trinajstić information content (AvgIpc) is 1.59. The Balaban J connectivity index is 0.000000296. The van der Waals surface area contributed by atoms with E-state index in [1.807, 2.05) is 85.5 Å². The summed E-state index contributed by atoms with van der Waals surface area (Å²) < 4.78 is 22.0.